The van der Waals surface area contributed by atoms with E-state index in [1.165, 1.54) is 7.11 Å². The van der Waals surface area contributed by atoms with Crippen LogP contribution in [0, 0.1) is 5.92 Å². The number of rotatable bonds is 6. The van der Waals surface area contributed by atoms with Crippen LogP contribution >= 0.6 is 12.4 Å². The number of nitrogens with zero attached hydrogens (tertiary/aromatic N) is 1. The van der Waals surface area contributed by atoms with E-state index < -0.39 is 10.0 Å². The van der Waals surface area contributed by atoms with Crippen molar-refractivity contribution in [3.63, 3.8) is 0 Å². The van der Waals surface area contributed by atoms with Gasteiger partial charge in [-0.25, -0.2) is 12.7 Å². The van der Waals surface area contributed by atoms with E-state index in [-0.39, 0.29) is 24.3 Å². The molecule has 2 unspecified atom stereocenters. The number of hydrogen-bond acceptors (Lipinski definition) is 4. The van der Waals surface area contributed by atoms with E-state index in [1.54, 1.807) is 11.2 Å². The summed E-state index contributed by atoms with van der Waals surface area (Å²) in [4.78, 5) is 0. The van der Waals surface area contributed by atoms with Gasteiger partial charge in [-0.05, 0) is 32.9 Å². The average molecular weight is 287 g/mol. The first kappa shape index (κ1) is 17.1. The van der Waals surface area contributed by atoms with Crippen LogP contribution in [0.25, 0.3) is 0 Å². The number of methoxy groups -OCH3 is 1. The first-order chi connectivity index (χ1) is 7.49. The summed E-state index contributed by atoms with van der Waals surface area (Å²) in [5, 5.41) is 3.09. The van der Waals surface area contributed by atoms with Gasteiger partial charge in [-0.3, -0.25) is 0 Å². The molecule has 0 spiro atoms. The lowest BCUT2D eigenvalue weighted by Crippen LogP contribution is -2.35. The molecule has 1 fully saturated rings. The van der Waals surface area contributed by atoms with Gasteiger partial charge in [0, 0.05) is 20.2 Å². The van der Waals surface area contributed by atoms with Crippen molar-refractivity contribution in [3.8, 4) is 0 Å². The third kappa shape index (κ3) is 5.09. The molecule has 0 aromatic carbocycles. The number of sulfonamides is 1. The molecule has 5 nitrogen and oxygen atoms in total. The monoisotopic (exact) mass is 286 g/mol. The second kappa shape index (κ2) is 7.53. The highest BCUT2D eigenvalue weighted by atomic mass is 35.5. The largest absolute Gasteiger partial charge is 0.381 e. The quantitative estimate of drug-likeness (QED) is 0.764. The molecule has 0 saturated carbocycles. The van der Waals surface area contributed by atoms with Crippen molar-refractivity contribution in [3.05, 3.63) is 0 Å². The SMILES string of the molecule is CNCC1CCN(S(=O)(=O)CC(C)OC)C1.Cl. The lowest BCUT2D eigenvalue weighted by molar-refractivity contribution is 0.135. The van der Waals surface area contributed by atoms with E-state index in [0.717, 1.165) is 13.0 Å². The zero-order valence-electron chi connectivity index (χ0n) is 10.7. The first-order valence-corrected chi connectivity index (χ1v) is 7.25. The molecular weight excluding hydrogens is 264 g/mol. The van der Waals surface area contributed by atoms with Crippen LogP contribution in [-0.4, -0.2) is 58.4 Å². The molecule has 0 radical (unpaired) electrons. The predicted molar refractivity (Wildman–Crippen MR) is 71.1 cm³/mol. The highest BCUT2D eigenvalue weighted by Gasteiger charge is 2.31. The Morgan fingerprint density at radius 2 is 2.18 bits per heavy atom. The molecule has 0 bridgehead atoms. The van der Waals surface area contributed by atoms with Crippen molar-refractivity contribution in [1.29, 1.82) is 0 Å². The van der Waals surface area contributed by atoms with Crippen molar-refractivity contribution in [1.82, 2.24) is 9.62 Å². The van der Waals surface area contributed by atoms with Gasteiger partial charge in [-0.1, -0.05) is 0 Å². The topological polar surface area (TPSA) is 58.6 Å². The second-order valence-corrected chi connectivity index (χ2v) is 6.41. The van der Waals surface area contributed by atoms with Gasteiger partial charge < -0.3 is 10.1 Å². The standard InChI is InChI=1S/C10H22N2O3S.ClH/c1-9(15-3)8-16(13,14)12-5-4-10(7-12)6-11-2;/h9-11H,4-8H2,1-3H3;1H. The molecule has 1 N–H and O–H groups in total. The van der Waals surface area contributed by atoms with Crippen LogP contribution in [0.4, 0.5) is 0 Å². The highest BCUT2D eigenvalue weighted by molar-refractivity contribution is 7.89. The number of nitrogens with one attached hydrogen (secondary N) is 1. The summed E-state index contributed by atoms with van der Waals surface area (Å²) in [6.45, 7) is 3.94. The third-order valence-corrected chi connectivity index (χ3v) is 4.99. The molecule has 2 atom stereocenters. The molecular formula is C10H23ClN2O3S. The molecule has 1 rings (SSSR count). The van der Waals surface area contributed by atoms with Gasteiger partial charge >= 0.3 is 0 Å². The molecule has 1 aliphatic heterocycles. The van der Waals surface area contributed by atoms with Crippen molar-refractivity contribution >= 4 is 22.4 Å². The Kier molecular flexibility index (Phi) is 7.58. The fourth-order valence-electron chi connectivity index (χ4n) is 1.98. The van der Waals surface area contributed by atoms with Crippen LogP contribution in [0.3, 0.4) is 0 Å². The summed E-state index contributed by atoms with van der Waals surface area (Å²) in [5.74, 6) is 0.521. The van der Waals surface area contributed by atoms with Gasteiger partial charge in [-0.2, -0.15) is 0 Å². The van der Waals surface area contributed by atoms with E-state index in [1.807, 2.05) is 7.05 Å². The van der Waals surface area contributed by atoms with Crippen LogP contribution in [0.15, 0.2) is 0 Å². The summed E-state index contributed by atoms with van der Waals surface area (Å²) in [5.41, 5.74) is 0. The zero-order valence-corrected chi connectivity index (χ0v) is 12.3. The molecule has 0 amide bonds. The number of hydrogen-bond donors (Lipinski definition) is 1. The molecule has 1 saturated heterocycles. The zero-order chi connectivity index (χ0) is 12.2. The maximum atomic E-state index is 12.0. The third-order valence-electron chi connectivity index (χ3n) is 2.98. The van der Waals surface area contributed by atoms with Crippen LogP contribution in [0.5, 0.6) is 0 Å². The predicted octanol–water partition coefficient (Wildman–Crippen LogP) is 0.314. The van der Waals surface area contributed by atoms with E-state index in [0.29, 0.717) is 19.0 Å². The number of ether oxygens (including phenoxy) is 1. The Balaban J connectivity index is 0.00000256. The molecule has 7 heteroatoms. The fourth-order valence-corrected chi connectivity index (χ4v) is 3.74. The Bertz CT molecular complexity index is 311. The van der Waals surface area contributed by atoms with Gasteiger partial charge in [0.1, 0.15) is 0 Å². The lowest BCUT2D eigenvalue weighted by atomic mass is 10.1. The smallest absolute Gasteiger partial charge is 0.216 e. The molecule has 1 aliphatic rings. The van der Waals surface area contributed by atoms with Crippen LogP contribution in [0.2, 0.25) is 0 Å². The van der Waals surface area contributed by atoms with Crippen LogP contribution in [0.1, 0.15) is 13.3 Å². The molecule has 1 heterocycles. The van der Waals surface area contributed by atoms with Crippen LogP contribution < -0.4 is 5.32 Å². The maximum Gasteiger partial charge on any atom is 0.216 e. The van der Waals surface area contributed by atoms with Crippen molar-refractivity contribution in [2.75, 3.05) is 39.5 Å². The van der Waals surface area contributed by atoms with E-state index >= 15 is 0 Å². The summed E-state index contributed by atoms with van der Waals surface area (Å²) in [7, 11) is 0.287. The molecule has 17 heavy (non-hydrogen) atoms. The summed E-state index contributed by atoms with van der Waals surface area (Å²) >= 11 is 0. The molecule has 104 valence electrons. The summed E-state index contributed by atoms with van der Waals surface area (Å²) < 4.78 is 30.5. The maximum absolute atomic E-state index is 12.0. The Labute approximate surface area is 110 Å². The van der Waals surface area contributed by atoms with Crippen molar-refractivity contribution in [2.24, 2.45) is 5.92 Å². The van der Waals surface area contributed by atoms with Crippen molar-refractivity contribution < 1.29 is 13.2 Å². The van der Waals surface area contributed by atoms with Gasteiger partial charge in [0.2, 0.25) is 10.0 Å². The summed E-state index contributed by atoms with van der Waals surface area (Å²) in [6, 6.07) is 0. The lowest BCUT2D eigenvalue weighted by Gasteiger charge is -2.18. The second-order valence-electron chi connectivity index (χ2n) is 4.40. The minimum Gasteiger partial charge on any atom is -0.381 e. The van der Waals surface area contributed by atoms with E-state index in [2.05, 4.69) is 5.32 Å². The average Bonchev–Trinajstić information content (AvgIpc) is 2.67. The molecule has 0 aromatic rings. The minimum atomic E-state index is -3.14. The summed E-state index contributed by atoms with van der Waals surface area (Å²) in [6.07, 6.45) is 0.704. The van der Waals surface area contributed by atoms with Crippen molar-refractivity contribution in [2.45, 2.75) is 19.4 Å². The normalized spacial score (nSPS) is 23.4. The number of halogens is 1. The van der Waals surface area contributed by atoms with E-state index in [4.69, 9.17) is 4.74 Å². The van der Waals surface area contributed by atoms with Gasteiger partial charge in [0.15, 0.2) is 0 Å². The first-order valence-electron chi connectivity index (χ1n) is 5.64. The molecule has 0 aliphatic carbocycles. The Morgan fingerprint density at radius 3 is 2.71 bits per heavy atom. The van der Waals surface area contributed by atoms with Crippen LogP contribution in [-0.2, 0) is 14.8 Å². The highest BCUT2D eigenvalue weighted by Crippen LogP contribution is 2.19. The van der Waals surface area contributed by atoms with Gasteiger partial charge in [-0.15, -0.1) is 12.4 Å². The van der Waals surface area contributed by atoms with Gasteiger partial charge in [0.05, 0.1) is 11.9 Å². The van der Waals surface area contributed by atoms with Gasteiger partial charge in [0.25, 0.3) is 0 Å². The Morgan fingerprint density at radius 1 is 1.53 bits per heavy atom. The molecule has 0 aromatic heterocycles. The minimum absolute atomic E-state index is 0. The fraction of sp³-hybridized carbons (Fsp3) is 1.00. The van der Waals surface area contributed by atoms with E-state index in [9.17, 15) is 8.42 Å². The Hall–Kier alpha value is 0.120.